The Labute approximate surface area is 128 Å². The molecular weight excluding hydrogens is 290 g/mol. The first kappa shape index (κ1) is 15.4. The molecule has 0 aliphatic rings. The van der Waals surface area contributed by atoms with Crippen LogP contribution in [-0.2, 0) is 4.79 Å². The van der Waals surface area contributed by atoms with E-state index >= 15 is 0 Å². The number of anilines is 1. The van der Waals surface area contributed by atoms with Crippen molar-refractivity contribution in [3.05, 3.63) is 59.1 Å². The van der Waals surface area contributed by atoms with Gasteiger partial charge in [-0.15, -0.1) is 0 Å². The van der Waals surface area contributed by atoms with E-state index in [1.54, 1.807) is 49.4 Å². The second-order valence-corrected chi connectivity index (χ2v) is 4.99. The minimum atomic E-state index is -0.654. The van der Waals surface area contributed by atoms with E-state index in [4.69, 9.17) is 16.3 Å². The number of ether oxygens (including phenoxy) is 1. The average molecular weight is 306 g/mol. The van der Waals surface area contributed by atoms with Crippen molar-refractivity contribution >= 4 is 23.2 Å². The summed E-state index contributed by atoms with van der Waals surface area (Å²) < 4.78 is 5.36. The fourth-order valence-electron chi connectivity index (χ4n) is 1.84. The third kappa shape index (κ3) is 4.48. The average Bonchev–Trinajstić information content (AvgIpc) is 2.47. The van der Waals surface area contributed by atoms with Gasteiger partial charge in [0.2, 0.25) is 0 Å². The predicted octanol–water partition coefficient (Wildman–Crippen LogP) is 3.41. The molecule has 21 heavy (non-hydrogen) atoms. The number of carbonyl (C=O) groups is 1. The van der Waals surface area contributed by atoms with E-state index in [-0.39, 0.29) is 12.5 Å². The number of carbonyl (C=O) groups excluding carboxylic acids is 1. The van der Waals surface area contributed by atoms with Gasteiger partial charge < -0.3 is 15.2 Å². The molecule has 0 bridgehead atoms. The normalized spacial score (nSPS) is 11.8. The van der Waals surface area contributed by atoms with Gasteiger partial charge in [-0.2, -0.15) is 0 Å². The van der Waals surface area contributed by atoms with Gasteiger partial charge in [0.25, 0.3) is 5.91 Å². The highest BCUT2D eigenvalue weighted by molar-refractivity contribution is 6.30. The van der Waals surface area contributed by atoms with Gasteiger partial charge in [0.1, 0.15) is 5.75 Å². The van der Waals surface area contributed by atoms with Gasteiger partial charge in [0.15, 0.2) is 6.61 Å². The van der Waals surface area contributed by atoms with E-state index in [0.717, 1.165) is 0 Å². The number of hydrogen-bond donors (Lipinski definition) is 2. The van der Waals surface area contributed by atoms with Crippen LogP contribution in [0.15, 0.2) is 48.5 Å². The molecule has 0 radical (unpaired) electrons. The van der Waals surface area contributed by atoms with Gasteiger partial charge in [-0.1, -0.05) is 29.8 Å². The first-order valence-corrected chi connectivity index (χ1v) is 6.89. The quantitative estimate of drug-likeness (QED) is 0.890. The third-order valence-corrected chi connectivity index (χ3v) is 3.12. The zero-order valence-corrected chi connectivity index (χ0v) is 12.3. The highest BCUT2D eigenvalue weighted by Crippen LogP contribution is 2.22. The summed E-state index contributed by atoms with van der Waals surface area (Å²) in [5, 5.41) is 13.0. The summed E-state index contributed by atoms with van der Waals surface area (Å²) in [6.45, 7) is 1.53. The topological polar surface area (TPSA) is 58.6 Å². The molecule has 0 fully saturated rings. The molecule has 5 heteroatoms. The zero-order chi connectivity index (χ0) is 15.2. The number of rotatable bonds is 5. The third-order valence-electron chi connectivity index (χ3n) is 2.87. The number of aliphatic hydroxyl groups is 1. The molecule has 0 aromatic heterocycles. The summed E-state index contributed by atoms with van der Waals surface area (Å²) in [5.74, 6) is 0.274. The van der Waals surface area contributed by atoms with Crippen molar-refractivity contribution in [3.63, 3.8) is 0 Å². The zero-order valence-electron chi connectivity index (χ0n) is 11.5. The lowest BCUT2D eigenvalue weighted by atomic mass is 10.1. The lowest BCUT2D eigenvalue weighted by Crippen LogP contribution is -2.21. The molecule has 1 atom stereocenters. The standard InChI is InChI=1S/C16H16ClNO3/c1-11(19)14-4-2-3-5-15(14)18-16(20)10-21-13-8-6-12(17)7-9-13/h2-9,11,19H,10H2,1H3,(H,18,20). The van der Waals surface area contributed by atoms with Crippen LogP contribution >= 0.6 is 11.6 Å². The van der Waals surface area contributed by atoms with Crippen molar-refractivity contribution in [1.82, 2.24) is 0 Å². The van der Waals surface area contributed by atoms with E-state index in [1.807, 2.05) is 6.07 Å². The van der Waals surface area contributed by atoms with Crippen molar-refractivity contribution in [1.29, 1.82) is 0 Å². The summed E-state index contributed by atoms with van der Waals surface area (Å²) in [6.07, 6.45) is -0.654. The molecule has 110 valence electrons. The monoisotopic (exact) mass is 305 g/mol. The Hall–Kier alpha value is -2.04. The van der Waals surface area contributed by atoms with Crippen LogP contribution in [0, 0.1) is 0 Å². The van der Waals surface area contributed by atoms with Crippen molar-refractivity contribution in [2.75, 3.05) is 11.9 Å². The molecule has 1 unspecified atom stereocenters. The molecule has 1 amide bonds. The van der Waals surface area contributed by atoms with Crippen molar-refractivity contribution in [2.24, 2.45) is 0 Å². The minimum absolute atomic E-state index is 0.115. The van der Waals surface area contributed by atoms with Crippen LogP contribution < -0.4 is 10.1 Å². The summed E-state index contributed by atoms with van der Waals surface area (Å²) >= 11 is 5.77. The Morgan fingerprint density at radius 2 is 1.90 bits per heavy atom. The van der Waals surface area contributed by atoms with Crippen LogP contribution in [-0.4, -0.2) is 17.6 Å². The number of hydrogen-bond acceptors (Lipinski definition) is 3. The Morgan fingerprint density at radius 1 is 1.24 bits per heavy atom. The number of aliphatic hydroxyl groups excluding tert-OH is 1. The van der Waals surface area contributed by atoms with Crippen LogP contribution in [0.1, 0.15) is 18.6 Å². The van der Waals surface area contributed by atoms with Gasteiger partial charge in [-0.3, -0.25) is 4.79 Å². The molecule has 2 aromatic rings. The number of benzene rings is 2. The smallest absolute Gasteiger partial charge is 0.262 e. The number of nitrogens with one attached hydrogen (secondary N) is 1. The van der Waals surface area contributed by atoms with Gasteiger partial charge in [0, 0.05) is 16.3 Å². The van der Waals surface area contributed by atoms with Crippen LogP contribution in [0.2, 0.25) is 5.02 Å². The van der Waals surface area contributed by atoms with E-state index < -0.39 is 6.10 Å². The number of para-hydroxylation sites is 1. The maximum Gasteiger partial charge on any atom is 0.262 e. The highest BCUT2D eigenvalue weighted by Gasteiger charge is 2.10. The lowest BCUT2D eigenvalue weighted by Gasteiger charge is -2.13. The van der Waals surface area contributed by atoms with E-state index in [1.165, 1.54) is 0 Å². The first-order valence-electron chi connectivity index (χ1n) is 6.51. The molecule has 2 rings (SSSR count). The highest BCUT2D eigenvalue weighted by atomic mass is 35.5. The van der Waals surface area contributed by atoms with E-state index in [0.29, 0.717) is 22.0 Å². The molecule has 0 saturated heterocycles. The Bertz CT molecular complexity index is 611. The van der Waals surface area contributed by atoms with E-state index in [2.05, 4.69) is 5.32 Å². The van der Waals surface area contributed by atoms with Crippen LogP contribution in [0.4, 0.5) is 5.69 Å². The van der Waals surface area contributed by atoms with Gasteiger partial charge >= 0.3 is 0 Å². The van der Waals surface area contributed by atoms with Crippen LogP contribution in [0.25, 0.3) is 0 Å². The van der Waals surface area contributed by atoms with Crippen molar-refractivity contribution < 1.29 is 14.6 Å². The Balaban J connectivity index is 1.94. The van der Waals surface area contributed by atoms with E-state index in [9.17, 15) is 9.90 Å². The number of amides is 1. The minimum Gasteiger partial charge on any atom is -0.484 e. The predicted molar refractivity (Wildman–Crippen MR) is 82.7 cm³/mol. The molecule has 2 N–H and O–H groups in total. The molecule has 0 spiro atoms. The summed E-state index contributed by atoms with van der Waals surface area (Å²) in [6, 6.07) is 13.9. The fraction of sp³-hybridized carbons (Fsp3) is 0.188. The summed E-state index contributed by atoms with van der Waals surface area (Å²) in [7, 11) is 0. The van der Waals surface area contributed by atoms with Crippen molar-refractivity contribution in [3.8, 4) is 5.75 Å². The van der Waals surface area contributed by atoms with Gasteiger partial charge in [-0.05, 0) is 37.3 Å². The molecule has 2 aromatic carbocycles. The molecule has 0 aliphatic carbocycles. The maximum absolute atomic E-state index is 11.9. The second kappa shape index (κ2) is 7.11. The Kier molecular flexibility index (Phi) is 5.20. The Morgan fingerprint density at radius 3 is 2.57 bits per heavy atom. The largest absolute Gasteiger partial charge is 0.484 e. The molecule has 0 aliphatic heterocycles. The molecule has 4 nitrogen and oxygen atoms in total. The molecule has 0 saturated carbocycles. The van der Waals surface area contributed by atoms with Crippen molar-refractivity contribution in [2.45, 2.75) is 13.0 Å². The van der Waals surface area contributed by atoms with Crippen LogP contribution in [0.5, 0.6) is 5.75 Å². The van der Waals surface area contributed by atoms with Crippen LogP contribution in [0.3, 0.4) is 0 Å². The lowest BCUT2D eigenvalue weighted by molar-refractivity contribution is -0.118. The molecular formula is C16H16ClNO3. The fourth-order valence-corrected chi connectivity index (χ4v) is 1.97. The van der Waals surface area contributed by atoms with Gasteiger partial charge in [0.05, 0.1) is 6.10 Å². The first-order chi connectivity index (χ1) is 10.1. The SMILES string of the molecule is CC(O)c1ccccc1NC(=O)COc1ccc(Cl)cc1. The van der Waals surface area contributed by atoms with Gasteiger partial charge in [-0.25, -0.2) is 0 Å². The number of halogens is 1. The second-order valence-electron chi connectivity index (χ2n) is 4.55. The summed E-state index contributed by atoms with van der Waals surface area (Å²) in [5.41, 5.74) is 1.24. The molecule has 0 heterocycles. The maximum atomic E-state index is 11.9. The summed E-state index contributed by atoms with van der Waals surface area (Å²) in [4.78, 5) is 11.9.